The van der Waals surface area contributed by atoms with E-state index in [1.807, 2.05) is 24.3 Å². The van der Waals surface area contributed by atoms with E-state index >= 15 is 0 Å². The molecule has 0 spiro atoms. The van der Waals surface area contributed by atoms with Crippen LogP contribution in [0.15, 0.2) is 47.4 Å². The number of H-pyrrole nitrogens is 1. The summed E-state index contributed by atoms with van der Waals surface area (Å²) in [5.74, 6) is -1.38. The molecule has 170 valence electrons. The zero-order chi connectivity index (χ0) is 22.7. The van der Waals surface area contributed by atoms with Gasteiger partial charge in [-0.2, -0.15) is 4.31 Å². The molecular formula is C22H24F2N4O3S. The Bertz CT molecular complexity index is 1190. The van der Waals surface area contributed by atoms with Gasteiger partial charge in [-0.1, -0.05) is 12.1 Å². The third-order valence-corrected chi connectivity index (χ3v) is 7.58. The lowest BCUT2D eigenvalue weighted by Gasteiger charge is -2.30. The van der Waals surface area contributed by atoms with Gasteiger partial charge in [0.05, 0.1) is 11.0 Å². The Kier molecular flexibility index (Phi) is 6.52. The molecule has 3 aromatic rings. The lowest BCUT2D eigenvalue weighted by molar-refractivity contribution is -0.126. The maximum Gasteiger partial charge on any atom is 0.246 e. The number of aryl methyl sites for hydroxylation is 1. The van der Waals surface area contributed by atoms with E-state index in [2.05, 4.69) is 15.3 Å². The summed E-state index contributed by atoms with van der Waals surface area (Å²) in [4.78, 5) is 19.5. The normalized spacial score (nSPS) is 15.8. The second kappa shape index (κ2) is 9.33. The van der Waals surface area contributed by atoms with Crippen molar-refractivity contribution in [3.05, 3.63) is 59.9 Å². The number of piperidine rings is 1. The number of nitrogens with zero attached hydrogens (tertiary/aromatic N) is 2. The predicted molar refractivity (Wildman–Crippen MR) is 115 cm³/mol. The molecule has 0 saturated carbocycles. The number of sulfonamides is 1. The zero-order valence-corrected chi connectivity index (χ0v) is 18.2. The van der Waals surface area contributed by atoms with E-state index in [9.17, 15) is 22.0 Å². The highest BCUT2D eigenvalue weighted by atomic mass is 32.2. The number of fused-ring (bicyclic) bond motifs is 1. The molecule has 10 heteroatoms. The Morgan fingerprint density at radius 3 is 2.66 bits per heavy atom. The van der Waals surface area contributed by atoms with Crippen LogP contribution in [0.3, 0.4) is 0 Å². The first-order valence-corrected chi connectivity index (χ1v) is 11.9. The lowest BCUT2D eigenvalue weighted by Crippen LogP contribution is -2.43. The highest BCUT2D eigenvalue weighted by Crippen LogP contribution is 2.26. The topological polar surface area (TPSA) is 95.2 Å². The molecule has 2 N–H and O–H groups in total. The molecule has 0 atom stereocenters. The number of imidazole rings is 1. The number of rotatable bonds is 7. The molecule has 0 aliphatic carbocycles. The Balaban J connectivity index is 1.25. The number of amides is 1. The fourth-order valence-corrected chi connectivity index (χ4v) is 5.45. The van der Waals surface area contributed by atoms with Crippen molar-refractivity contribution in [1.29, 1.82) is 0 Å². The predicted octanol–water partition coefficient (Wildman–Crippen LogP) is 2.99. The number of benzene rings is 2. The highest BCUT2D eigenvalue weighted by molar-refractivity contribution is 7.89. The summed E-state index contributed by atoms with van der Waals surface area (Å²) in [5, 5.41) is 2.90. The molecule has 0 unspecified atom stereocenters. The summed E-state index contributed by atoms with van der Waals surface area (Å²) < 4.78 is 53.8. The summed E-state index contributed by atoms with van der Waals surface area (Å²) in [6, 6.07) is 10.1. The molecule has 1 aliphatic rings. The van der Waals surface area contributed by atoms with Crippen molar-refractivity contribution in [2.24, 2.45) is 5.92 Å². The maximum atomic E-state index is 13.9. The minimum Gasteiger partial charge on any atom is -0.356 e. The van der Waals surface area contributed by atoms with Gasteiger partial charge in [0.15, 0.2) is 0 Å². The molecule has 1 saturated heterocycles. The Labute approximate surface area is 184 Å². The lowest BCUT2D eigenvalue weighted by atomic mass is 9.97. The molecule has 0 bridgehead atoms. The van der Waals surface area contributed by atoms with E-state index in [1.54, 1.807) is 0 Å². The summed E-state index contributed by atoms with van der Waals surface area (Å²) in [7, 11) is -4.15. The van der Waals surface area contributed by atoms with Crippen molar-refractivity contribution in [3.63, 3.8) is 0 Å². The molecule has 2 heterocycles. The van der Waals surface area contributed by atoms with Crippen LogP contribution in [-0.4, -0.2) is 48.2 Å². The van der Waals surface area contributed by atoms with Gasteiger partial charge in [-0.05, 0) is 49.6 Å². The third-order valence-electron chi connectivity index (χ3n) is 5.66. The molecular weight excluding hydrogens is 438 g/mol. The summed E-state index contributed by atoms with van der Waals surface area (Å²) in [5.41, 5.74) is 1.89. The van der Waals surface area contributed by atoms with Gasteiger partial charge in [0.1, 0.15) is 22.4 Å². The zero-order valence-electron chi connectivity index (χ0n) is 17.4. The number of aromatic amines is 1. The van der Waals surface area contributed by atoms with Gasteiger partial charge in [0.2, 0.25) is 15.9 Å². The van der Waals surface area contributed by atoms with E-state index in [0.717, 1.165) is 39.7 Å². The first-order chi connectivity index (χ1) is 15.3. The second-order valence-corrected chi connectivity index (χ2v) is 9.75. The van der Waals surface area contributed by atoms with Crippen LogP contribution in [0.5, 0.6) is 0 Å². The summed E-state index contributed by atoms with van der Waals surface area (Å²) in [6.45, 7) is 0.646. The van der Waals surface area contributed by atoms with Gasteiger partial charge in [-0.15, -0.1) is 0 Å². The van der Waals surface area contributed by atoms with Crippen LogP contribution >= 0.6 is 0 Å². The fraction of sp³-hybridized carbons (Fsp3) is 0.364. The van der Waals surface area contributed by atoms with Crippen LogP contribution in [0, 0.1) is 17.6 Å². The standard InChI is InChI=1S/C22H24F2N4O3S/c23-16-7-8-17(24)20(14-16)32(30,31)28-12-9-15(10-13-28)22(29)25-11-3-6-21-26-18-4-1-2-5-19(18)27-21/h1-2,4-5,7-8,14-15H,3,6,9-13H2,(H,25,29)(H,26,27). The van der Waals surface area contributed by atoms with Crippen LogP contribution in [0.2, 0.25) is 0 Å². The smallest absolute Gasteiger partial charge is 0.246 e. The van der Waals surface area contributed by atoms with Crippen LogP contribution in [0.4, 0.5) is 8.78 Å². The van der Waals surface area contributed by atoms with Crippen molar-refractivity contribution >= 4 is 27.0 Å². The number of para-hydroxylation sites is 2. The monoisotopic (exact) mass is 462 g/mol. The van der Waals surface area contributed by atoms with E-state index < -0.39 is 26.6 Å². The van der Waals surface area contributed by atoms with Gasteiger partial charge >= 0.3 is 0 Å². The largest absolute Gasteiger partial charge is 0.356 e. The molecule has 1 fully saturated rings. The number of carbonyl (C=O) groups excluding carboxylic acids is 1. The molecule has 1 aliphatic heterocycles. The van der Waals surface area contributed by atoms with Gasteiger partial charge in [0.25, 0.3) is 0 Å². The Hall–Kier alpha value is -2.85. The molecule has 32 heavy (non-hydrogen) atoms. The maximum absolute atomic E-state index is 13.9. The third kappa shape index (κ3) is 4.81. The van der Waals surface area contributed by atoms with E-state index in [4.69, 9.17) is 0 Å². The Morgan fingerprint density at radius 1 is 1.16 bits per heavy atom. The van der Waals surface area contributed by atoms with Crippen molar-refractivity contribution in [1.82, 2.24) is 19.6 Å². The van der Waals surface area contributed by atoms with Crippen molar-refractivity contribution in [2.75, 3.05) is 19.6 Å². The van der Waals surface area contributed by atoms with Gasteiger partial charge in [0, 0.05) is 32.0 Å². The second-order valence-electron chi connectivity index (χ2n) is 7.85. The molecule has 0 radical (unpaired) electrons. The number of halogens is 2. The Morgan fingerprint density at radius 2 is 1.91 bits per heavy atom. The van der Waals surface area contributed by atoms with Gasteiger partial charge in [-0.25, -0.2) is 22.2 Å². The van der Waals surface area contributed by atoms with Crippen LogP contribution in [0.1, 0.15) is 25.1 Å². The molecule has 4 rings (SSSR count). The van der Waals surface area contributed by atoms with Crippen molar-refractivity contribution in [3.8, 4) is 0 Å². The minimum absolute atomic E-state index is 0.0787. The summed E-state index contributed by atoms with van der Waals surface area (Å²) >= 11 is 0. The van der Waals surface area contributed by atoms with E-state index in [-0.39, 0.29) is 24.9 Å². The summed E-state index contributed by atoms with van der Waals surface area (Å²) in [6.07, 6.45) is 2.07. The number of hydrogen-bond donors (Lipinski definition) is 2. The van der Waals surface area contributed by atoms with Crippen molar-refractivity contribution < 1.29 is 22.0 Å². The van der Waals surface area contributed by atoms with E-state index in [1.165, 1.54) is 0 Å². The first-order valence-electron chi connectivity index (χ1n) is 10.5. The molecule has 2 aromatic carbocycles. The van der Waals surface area contributed by atoms with Crippen LogP contribution in [-0.2, 0) is 21.2 Å². The van der Waals surface area contributed by atoms with Gasteiger partial charge < -0.3 is 10.3 Å². The minimum atomic E-state index is -4.15. The molecule has 1 aromatic heterocycles. The van der Waals surface area contributed by atoms with Crippen LogP contribution in [0.25, 0.3) is 11.0 Å². The molecule has 1 amide bonds. The first kappa shape index (κ1) is 22.3. The van der Waals surface area contributed by atoms with E-state index in [0.29, 0.717) is 31.9 Å². The fourth-order valence-electron chi connectivity index (χ4n) is 3.91. The number of hydrogen-bond acceptors (Lipinski definition) is 4. The number of carbonyl (C=O) groups is 1. The number of aromatic nitrogens is 2. The molecule has 7 nitrogen and oxygen atoms in total. The quantitative estimate of drug-likeness (QED) is 0.528. The van der Waals surface area contributed by atoms with Crippen molar-refractivity contribution in [2.45, 2.75) is 30.6 Å². The van der Waals surface area contributed by atoms with Crippen LogP contribution < -0.4 is 5.32 Å². The SMILES string of the molecule is O=C(NCCCc1nc2ccccc2[nH]1)C1CCN(S(=O)(=O)c2cc(F)ccc2F)CC1. The van der Waals surface area contributed by atoms with Gasteiger partial charge in [-0.3, -0.25) is 4.79 Å². The highest BCUT2D eigenvalue weighted by Gasteiger charge is 2.33. The average molecular weight is 463 g/mol. The average Bonchev–Trinajstić information content (AvgIpc) is 3.21. The number of nitrogens with one attached hydrogen (secondary N) is 2.